The second kappa shape index (κ2) is 10.9. The van der Waals surface area contributed by atoms with Gasteiger partial charge in [0.25, 0.3) is 5.91 Å². The van der Waals surface area contributed by atoms with Gasteiger partial charge in [-0.15, -0.1) is 0 Å². The van der Waals surface area contributed by atoms with E-state index in [0.29, 0.717) is 26.2 Å². The summed E-state index contributed by atoms with van der Waals surface area (Å²) in [6, 6.07) is 19.4. The van der Waals surface area contributed by atoms with Crippen molar-refractivity contribution in [2.24, 2.45) is 5.10 Å². The van der Waals surface area contributed by atoms with E-state index in [9.17, 15) is 13.2 Å². The third kappa shape index (κ3) is 6.54. The van der Waals surface area contributed by atoms with Crippen LogP contribution in [0.3, 0.4) is 0 Å². The summed E-state index contributed by atoms with van der Waals surface area (Å²) in [7, 11) is -4.00. The summed E-state index contributed by atoms with van der Waals surface area (Å²) in [5.74, 6) is -0.611. The van der Waals surface area contributed by atoms with Gasteiger partial charge in [0.2, 0.25) is 10.0 Å². The maximum absolute atomic E-state index is 13.2. The molecule has 0 saturated heterocycles. The second-order valence-corrected chi connectivity index (χ2v) is 9.89. The van der Waals surface area contributed by atoms with Gasteiger partial charge in [0.05, 0.1) is 17.7 Å². The average molecular weight is 511 g/mol. The van der Waals surface area contributed by atoms with Gasteiger partial charge in [-0.25, -0.2) is 13.8 Å². The van der Waals surface area contributed by atoms with Gasteiger partial charge < -0.3 is 0 Å². The van der Waals surface area contributed by atoms with Crippen LogP contribution >= 0.6 is 34.8 Å². The van der Waals surface area contributed by atoms with Crippen molar-refractivity contribution in [3.63, 3.8) is 0 Å². The Hall–Kier alpha value is -2.42. The number of carbonyl (C=O) groups is 1. The van der Waals surface area contributed by atoms with Crippen LogP contribution in [0.2, 0.25) is 15.1 Å². The summed E-state index contributed by atoms with van der Waals surface area (Å²) in [6.07, 6.45) is 1.39. The van der Waals surface area contributed by atoms with Crippen molar-refractivity contribution >= 4 is 56.9 Å². The molecule has 10 heteroatoms. The van der Waals surface area contributed by atoms with Gasteiger partial charge in [-0.2, -0.15) is 9.41 Å². The van der Waals surface area contributed by atoms with Crippen LogP contribution in [0.4, 0.5) is 0 Å². The van der Waals surface area contributed by atoms with E-state index in [0.717, 1.165) is 4.31 Å². The normalized spacial score (nSPS) is 11.8. The van der Waals surface area contributed by atoms with Crippen LogP contribution in [0, 0.1) is 0 Å². The van der Waals surface area contributed by atoms with E-state index in [1.807, 2.05) is 0 Å². The smallest absolute Gasteiger partial charge is 0.255 e. The molecule has 32 heavy (non-hydrogen) atoms. The molecule has 0 aliphatic rings. The van der Waals surface area contributed by atoms with Crippen LogP contribution in [-0.2, 0) is 21.4 Å². The maximum Gasteiger partial charge on any atom is 0.255 e. The number of halogens is 3. The van der Waals surface area contributed by atoms with Crippen LogP contribution in [0.1, 0.15) is 11.1 Å². The van der Waals surface area contributed by atoms with E-state index in [-0.39, 0.29) is 11.4 Å². The van der Waals surface area contributed by atoms with E-state index in [1.54, 1.807) is 48.5 Å². The van der Waals surface area contributed by atoms with E-state index in [4.69, 9.17) is 34.8 Å². The Morgan fingerprint density at radius 3 is 2.12 bits per heavy atom. The SMILES string of the molecule is O=C(CN(Cc1ccc(Cl)cc1)S(=O)(=O)c1ccc(Cl)cc1)N/N=C\c1ccccc1Cl. The minimum absolute atomic E-state index is 0.0169. The van der Waals surface area contributed by atoms with Crippen LogP contribution < -0.4 is 5.43 Å². The van der Waals surface area contributed by atoms with E-state index in [2.05, 4.69) is 10.5 Å². The number of hydrogen-bond donors (Lipinski definition) is 1. The van der Waals surface area contributed by atoms with Crippen molar-refractivity contribution in [2.75, 3.05) is 6.54 Å². The van der Waals surface area contributed by atoms with E-state index >= 15 is 0 Å². The fourth-order valence-corrected chi connectivity index (χ4v) is 4.54. The van der Waals surface area contributed by atoms with Crippen LogP contribution in [0.25, 0.3) is 0 Å². The lowest BCUT2D eigenvalue weighted by Crippen LogP contribution is -2.39. The Morgan fingerprint density at radius 1 is 0.906 bits per heavy atom. The van der Waals surface area contributed by atoms with Gasteiger partial charge in [-0.05, 0) is 48.0 Å². The third-order valence-electron chi connectivity index (χ3n) is 4.34. The van der Waals surface area contributed by atoms with Crippen molar-refractivity contribution < 1.29 is 13.2 Å². The van der Waals surface area contributed by atoms with Crippen molar-refractivity contribution in [2.45, 2.75) is 11.4 Å². The summed E-state index contributed by atoms with van der Waals surface area (Å²) in [4.78, 5) is 12.5. The zero-order valence-electron chi connectivity index (χ0n) is 16.6. The van der Waals surface area contributed by atoms with Gasteiger partial charge in [0.15, 0.2) is 0 Å². The van der Waals surface area contributed by atoms with Crippen LogP contribution in [0.5, 0.6) is 0 Å². The first-order valence-electron chi connectivity index (χ1n) is 9.32. The fraction of sp³-hybridized carbons (Fsp3) is 0.0909. The first-order chi connectivity index (χ1) is 15.3. The Kier molecular flexibility index (Phi) is 8.28. The van der Waals surface area contributed by atoms with Gasteiger partial charge in [-0.1, -0.05) is 65.1 Å². The Morgan fingerprint density at radius 2 is 1.50 bits per heavy atom. The summed E-state index contributed by atoms with van der Waals surface area (Å²) in [5, 5.41) is 5.27. The number of rotatable bonds is 8. The zero-order valence-corrected chi connectivity index (χ0v) is 19.7. The van der Waals surface area contributed by atoms with E-state index in [1.165, 1.54) is 30.5 Å². The number of amides is 1. The lowest BCUT2D eigenvalue weighted by Gasteiger charge is -2.21. The minimum Gasteiger partial charge on any atom is -0.272 e. The average Bonchev–Trinajstić information content (AvgIpc) is 2.76. The third-order valence-corrected chi connectivity index (χ3v) is 7.00. The molecule has 0 atom stereocenters. The topological polar surface area (TPSA) is 78.8 Å². The zero-order chi connectivity index (χ0) is 23.1. The molecule has 0 saturated carbocycles. The van der Waals surface area contributed by atoms with Crippen molar-refractivity contribution in [1.29, 1.82) is 0 Å². The maximum atomic E-state index is 13.2. The molecular weight excluding hydrogens is 493 g/mol. The number of sulfonamides is 1. The molecule has 0 bridgehead atoms. The van der Waals surface area contributed by atoms with Crippen LogP contribution in [-0.4, -0.2) is 31.4 Å². The minimum atomic E-state index is -4.00. The lowest BCUT2D eigenvalue weighted by molar-refractivity contribution is -0.121. The molecule has 3 rings (SSSR count). The van der Waals surface area contributed by atoms with Gasteiger partial charge >= 0.3 is 0 Å². The standard InChI is InChI=1S/C22H18Cl3N3O3S/c23-18-7-5-16(6-8-18)14-28(32(30,31)20-11-9-19(24)10-12-20)15-22(29)27-26-13-17-3-1-2-4-21(17)25/h1-13H,14-15H2,(H,27,29)/b26-13-. The van der Waals surface area contributed by atoms with Crippen molar-refractivity contribution in [3.05, 3.63) is 99.0 Å². The van der Waals surface area contributed by atoms with Gasteiger partial charge in [0, 0.05) is 27.2 Å². The quantitative estimate of drug-likeness (QED) is 0.343. The molecule has 1 amide bonds. The molecule has 0 heterocycles. The monoisotopic (exact) mass is 509 g/mol. The molecule has 3 aromatic carbocycles. The molecule has 1 N–H and O–H groups in total. The number of nitrogens with zero attached hydrogens (tertiary/aromatic N) is 2. The summed E-state index contributed by atoms with van der Waals surface area (Å²) >= 11 is 17.9. The van der Waals surface area contributed by atoms with Crippen LogP contribution in [0.15, 0.2) is 82.8 Å². The number of nitrogens with one attached hydrogen (secondary N) is 1. The molecule has 0 aliphatic carbocycles. The van der Waals surface area contributed by atoms with Gasteiger partial charge in [0.1, 0.15) is 0 Å². The first-order valence-corrected chi connectivity index (χ1v) is 11.9. The largest absolute Gasteiger partial charge is 0.272 e. The Labute approximate surface area is 201 Å². The second-order valence-electron chi connectivity index (χ2n) is 6.67. The number of hydrazone groups is 1. The van der Waals surface area contributed by atoms with Crippen molar-refractivity contribution in [3.8, 4) is 0 Å². The van der Waals surface area contributed by atoms with E-state index < -0.39 is 22.5 Å². The molecule has 0 aliphatic heterocycles. The Bertz CT molecular complexity index is 1220. The highest BCUT2D eigenvalue weighted by Crippen LogP contribution is 2.21. The molecule has 0 aromatic heterocycles. The number of carbonyl (C=O) groups excluding carboxylic acids is 1. The summed E-state index contributed by atoms with van der Waals surface area (Å²) in [6.45, 7) is -0.489. The molecular formula is C22H18Cl3N3O3S. The van der Waals surface area contributed by atoms with Crippen molar-refractivity contribution in [1.82, 2.24) is 9.73 Å². The number of hydrogen-bond acceptors (Lipinski definition) is 4. The Balaban J connectivity index is 1.80. The summed E-state index contributed by atoms with van der Waals surface area (Å²) in [5.41, 5.74) is 3.62. The highest BCUT2D eigenvalue weighted by Gasteiger charge is 2.27. The molecule has 166 valence electrons. The molecule has 0 radical (unpaired) electrons. The first kappa shape index (κ1) is 24.2. The molecule has 0 fully saturated rings. The molecule has 0 spiro atoms. The summed E-state index contributed by atoms with van der Waals surface area (Å²) < 4.78 is 27.5. The molecule has 0 unspecified atom stereocenters. The fourth-order valence-electron chi connectivity index (χ4n) is 2.72. The predicted octanol–water partition coefficient (Wildman–Crippen LogP) is 4.99. The predicted molar refractivity (Wildman–Crippen MR) is 128 cm³/mol. The highest BCUT2D eigenvalue weighted by atomic mass is 35.5. The highest BCUT2D eigenvalue weighted by molar-refractivity contribution is 7.89. The van der Waals surface area contributed by atoms with Gasteiger partial charge in [-0.3, -0.25) is 4.79 Å². The molecule has 6 nitrogen and oxygen atoms in total. The number of benzene rings is 3. The molecule has 3 aromatic rings. The lowest BCUT2D eigenvalue weighted by atomic mass is 10.2.